The molecular weight excluding hydrogens is 252 g/mol. The van der Waals surface area contributed by atoms with Crippen molar-refractivity contribution in [1.82, 2.24) is 4.90 Å². The predicted octanol–water partition coefficient (Wildman–Crippen LogP) is 3.34. The highest BCUT2D eigenvalue weighted by molar-refractivity contribution is 7.27. The first-order valence-electron chi connectivity index (χ1n) is 5.39. The van der Waals surface area contributed by atoms with Gasteiger partial charge in [0, 0.05) is 15.9 Å². The van der Waals surface area contributed by atoms with Crippen LogP contribution in [0.15, 0.2) is 17.5 Å². The van der Waals surface area contributed by atoms with Crippen LogP contribution in [0.2, 0.25) is 0 Å². The number of amides is 1. The molecule has 2 aromatic heterocycles. The van der Waals surface area contributed by atoms with Crippen molar-refractivity contribution in [2.75, 3.05) is 13.1 Å². The maximum Gasteiger partial charge on any atom is 0.264 e. The Morgan fingerprint density at radius 3 is 3.00 bits per heavy atom. The van der Waals surface area contributed by atoms with Crippen LogP contribution in [-0.4, -0.2) is 23.9 Å². The summed E-state index contributed by atoms with van der Waals surface area (Å²) in [6.45, 7) is 2.81. The topological polar surface area (TPSA) is 44.1 Å². The van der Waals surface area contributed by atoms with Crippen LogP contribution in [-0.2, 0) is 0 Å². The number of rotatable bonds is 4. The van der Waals surface area contributed by atoms with Gasteiger partial charge in [-0.05, 0) is 23.9 Å². The second kappa shape index (κ2) is 5.30. The number of nitrogens with zero attached hydrogens (tertiary/aromatic N) is 2. The number of hydrogen-bond donors (Lipinski definition) is 0. The number of carbonyl (C=O) groups is 1. The molecule has 2 rings (SSSR count). The van der Waals surface area contributed by atoms with E-state index in [1.807, 2.05) is 30.5 Å². The lowest BCUT2D eigenvalue weighted by Crippen LogP contribution is -2.31. The van der Waals surface area contributed by atoms with Crippen LogP contribution in [0.4, 0.5) is 0 Å². The normalized spacial score (nSPS) is 10.4. The zero-order chi connectivity index (χ0) is 12.3. The minimum atomic E-state index is -0.0261. The minimum Gasteiger partial charge on any atom is -0.325 e. The summed E-state index contributed by atoms with van der Waals surface area (Å²) in [7, 11) is 0. The van der Waals surface area contributed by atoms with E-state index < -0.39 is 0 Å². The highest BCUT2D eigenvalue weighted by atomic mass is 32.1. The molecule has 0 spiro atoms. The zero-order valence-electron chi connectivity index (χ0n) is 9.47. The number of fused-ring (bicyclic) bond motifs is 1. The van der Waals surface area contributed by atoms with Gasteiger partial charge < -0.3 is 4.90 Å². The first-order chi connectivity index (χ1) is 8.26. The lowest BCUT2D eigenvalue weighted by atomic mass is 10.3. The average Bonchev–Trinajstić information content (AvgIpc) is 2.87. The average molecular weight is 264 g/mol. The highest BCUT2D eigenvalue weighted by Crippen LogP contribution is 2.30. The second-order valence-corrected chi connectivity index (χ2v) is 5.68. The van der Waals surface area contributed by atoms with Crippen molar-refractivity contribution in [2.24, 2.45) is 0 Å². The molecule has 0 bridgehead atoms. The standard InChI is InChI=1S/C12H12N2OS2/c1-2-5-14(6-4-13)12(15)11-8-10-9(17-11)3-7-16-10/h3,7-8H,2,5-6H2,1H3. The lowest BCUT2D eigenvalue weighted by Gasteiger charge is -2.17. The van der Waals surface area contributed by atoms with E-state index in [9.17, 15) is 4.79 Å². The van der Waals surface area contributed by atoms with Crippen molar-refractivity contribution < 1.29 is 4.79 Å². The van der Waals surface area contributed by atoms with E-state index in [2.05, 4.69) is 0 Å². The smallest absolute Gasteiger partial charge is 0.264 e. The third kappa shape index (κ3) is 2.48. The van der Waals surface area contributed by atoms with E-state index >= 15 is 0 Å². The molecule has 2 heterocycles. The molecule has 0 saturated heterocycles. The van der Waals surface area contributed by atoms with Gasteiger partial charge >= 0.3 is 0 Å². The van der Waals surface area contributed by atoms with Crippen LogP contribution in [0.5, 0.6) is 0 Å². The van der Waals surface area contributed by atoms with Crippen molar-refractivity contribution in [1.29, 1.82) is 5.26 Å². The van der Waals surface area contributed by atoms with E-state index in [0.29, 0.717) is 6.54 Å². The van der Waals surface area contributed by atoms with Crippen LogP contribution in [0.25, 0.3) is 9.40 Å². The quantitative estimate of drug-likeness (QED) is 0.795. The van der Waals surface area contributed by atoms with Gasteiger partial charge in [-0.15, -0.1) is 22.7 Å². The Morgan fingerprint density at radius 1 is 1.53 bits per heavy atom. The summed E-state index contributed by atoms with van der Waals surface area (Å²) in [5.41, 5.74) is 0. The molecule has 3 nitrogen and oxygen atoms in total. The summed E-state index contributed by atoms with van der Waals surface area (Å²) in [6, 6.07) is 5.99. The fraction of sp³-hybridized carbons (Fsp3) is 0.333. The largest absolute Gasteiger partial charge is 0.325 e. The molecule has 0 aliphatic rings. The van der Waals surface area contributed by atoms with Gasteiger partial charge in [-0.25, -0.2) is 0 Å². The van der Waals surface area contributed by atoms with Crippen LogP contribution < -0.4 is 0 Å². The summed E-state index contributed by atoms with van der Waals surface area (Å²) in [5, 5.41) is 10.7. The molecule has 17 heavy (non-hydrogen) atoms. The Balaban J connectivity index is 2.23. The molecule has 0 unspecified atom stereocenters. The maximum absolute atomic E-state index is 12.2. The fourth-order valence-electron chi connectivity index (χ4n) is 1.63. The number of thiophene rings is 2. The van der Waals surface area contributed by atoms with Crippen molar-refractivity contribution in [2.45, 2.75) is 13.3 Å². The summed E-state index contributed by atoms with van der Waals surface area (Å²) < 4.78 is 2.29. The van der Waals surface area contributed by atoms with Crippen molar-refractivity contribution in [3.63, 3.8) is 0 Å². The summed E-state index contributed by atoms with van der Waals surface area (Å²) in [5.74, 6) is -0.0261. The van der Waals surface area contributed by atoms with Gasteiger partial charge in [-0.3, -0.25) is 4.79 Å². The van der Waals surface area contributed by atoms with Gasteiger partial charge in [0.25, 0.3) is 5.91 Å². The zero-order valence-corrected chi connectivity index (χ0v) is 11.1. The molecule has 0 fully saturated rings. The Bertz CT molecular complexity index is 536. The minimum absolute atomic E-state index is 0.0261. The maximum atomic E-state index is 12.2. The lowest BCUT2D eigenvalue weighted by molar-refractivity contribution is 0.0781. The molecule has 2 aromatic rings. The highest BCUT2D eigenvalue weighted by Gasteiger charge is 2.17. The van der Waals surface area contributed by atoms with E-state index in [1.54, 1.807) is 16.2 Å². The molecule has 0 saturated carbocycles. The monoisotopic (exact) mass is 264 g/mol. The first kappa shape index (κ1) is 12.1. The number of carbonyl (C=O) groups excluding carboxylic acids is 1. The van der Waals surface area contributed by atoms with Crippen LogP contribution >= 0.6 is 22.7 Å². The van der Waals surface area contributed by atoms with E-state index in [4.69, 9.17) is 5.26 Å². The Morgan fingerprint density at radius 2 is 2.35 bits per heavy atom. The van der Waals surface area contributed by atoms with Gasteiger partial charge in [-0.2, -0.15) is 5.26 Å². The number of hydrogen-bond acceptors (Lipinski definition) is 4. The van der Waals surface area contributed by atoms with Crippen LogP contribution in [0, 0.1) is 11.3 Å². The SMILES string of the molecule is CCCN(CC#N)C(=O)c1cc2sccc2s1. The fourth-order valence-corrected chi connectivity index (χ4v) is 3.71. The molecule has 5 heteroatoms. The Kier molecular flexibility index (Phi) is 3.77. The van der Waals surface area contributed by atoms with Crippen molar-refractivity contribution in [3.8, 4) is 6.07 Å². The number of nitriles is 1. The van der Waals surface area contributed by atoms with Gasteiger partial charge in [0.1, 0.15) is 6.54 Å². The second-order valence-electron chi connectivity index (χ2n) is 3.64. The molecule has 0 aliphatic heterocycles. The van der Waals surface area contributed by atoms with Crippen LogP contribution in [0.1, 0.15) is 23.0 Å². The summed E-state index contributed by atoms with van der Waals surface area (Å²) in [6.07, 6.45) is 0.868. The van der Waals surface area contributed by atoms with Gasteiger partial charge in [0.2, 0.25) is 0 Å². The molecular formula is C12H12N2OS2. The molecule has 0 atom stereocenters. The third-order valence-corrected chi connectivity index (χ3v) is 4.47. The van der Waals surface area contributed by atoms with Crippen molar-refractivity contribution in [3.05, 3.63) is 22.4 Å². The molecule has 0 aliphatic carbocycles. The molecule has 0 radical (unpaired) electrons. The molecule has 88 valence electrons. The van der Waals surface area contributed by atoms with Crippen LogP contribution in [0.3, 0.4) is 0 Å². The molecule has 0 aromatic carbocycles. The summed E-state index contributed by atoms with van der Waals surface area (Å²) in [4.78, 5) is 14.5. The van der Waals surface area contributed by atoms with Crippen molar-refractivity contribution >= 4 is 38.0 Å². The van der Waals surface area contributed by atoms with Gasteiger partial charge in [-0.1, -0.05) is 6.92 Å². The Hall–Kier alpha value is -1.38. The Labute approximate surface area is 108 Å². The third-order valence-electron chi connectivity index (χ3n) is 2.39. The molecule has 1 amide bonds. The van der Waals surface area contributed by atoms with Gasteiger partial charge in [0.05, 0.1) is 10.9 Å². The van der Waals surface area contributed by atoms with E-state index in [0.717, 1.165) is 20.7 Å². The van der Waals surface area contributed by atoms with E-state index in [1.165, 1.54) is 11.3 Å². The summed E-state index contributed by atoms with van der Waals surface area (Å²) >= 11 is 3.14. The first-order valence-corrected chi connectivity index (χ1v) is 7.09. The van der Waals surface area contributed by atoms with E-state index in [-0.39, 0.29) is 12.5 Å². The predicted molar refractivity (Wildman–Crippen MR) is 71.5 cm³/mol. The van der Waals surface area contributed by atoms with Gasteiger partial charge in [0.15, 0.2) is 0 Å². The molecule has 0 N–H and O–H groups in total.